The van der Waals surface area contributed by atoms with Gasteiger partial charge in [0.05, 0.1) is 35.7 Å². The predicted octanol–water partition coefficient (Wildman–Crippen LogP) is 3.82. The smallest absolute Gasteiger partial charge is 0.407 e. The number of aliphatic hydroxyl groups is 1. The Hall–Kier alpha value is -3.13. The number of hydrogen-bond donors (Lipinski definition) is 3. The molecule has 186 valence electrons. The van der Waals surface area contributed by atoms with Crippen molar-refractivity contribution in [1.29, 1.82) is 0 Å². The van der Waals surface area contributed by atoms with Gasteiger partial charge >= 0.3 is 6.09 Å². The molecule has 4 aliphatic carbocycles. The average Bonchev–Trinajstić information content (AvgIpc) is 3.23. The van der Waals surface area contributed by atoms with Crippen LogP contribution in [-0.2, 0) is 4.74 Å². The van der Waals surface area contributed by atoms with Crippen LogP contribution in [0.4, 0.5) is 4.79 Å². The molecule has 3 N–H and O–H groups in total. The summed E-state index contributed by atoms with van der Waals surface area (Å²) in [5, 5.41) is 21.5. The van der Waals surface area contributed by atoms with Gasteiger partial charge in [0.25, 0.3) is 5.91 Å². The number of nitrogens with one attached hydrogen (secondary N) is 2. The van der Waals surface area contributed by atoms with Crippen LogP contribution in [0.2, 0.25) is 0 Å². The van der Waals surface area contributed by atoms with Gasteiger partial charge in [0.15, 0.2) is 0 Å². The molecule has 0 radical (unpaired) electrons. The van der Waals surface area contributed by atoms with Crippen molar-refractivity contribution in [3.8, 4) is 11.3 Å². The second-order valence-corrected chi connectivity index (χ2v) is 11.1. The van der Waals surface area contributed by atoms with E-state index in [0.29, 0.717) is 29.0 Å². The lowest BCUT2D eigenvalue weighted by Crippen LogP contribution is -2.61. The number of alkyl carbamates (subject to hydrolysis) is 1. The Morgan fingerprint density at radius 2 is 1.86 bits per heavy atom. The van der Waals surface area contributed by atoms with E-state index >= 15 is 0 Å². The number of ether oxygens (including phenoxy) is 1. The molecule has 0 spiro atoms. The fourth-order valence-electron chi connectivity index (χ4n) is 6.58. The lowest BCUT2D eigenvalue weighted by Gasteiger charge is -2.58. The van der Waals surface area contributed by atoms with Crippen molar-refractivity contribution in [1.82, 2.24) is 20.4 Å². The molecule has 1 aromatic carbocycles. The van der Waals surface area contributed by atoms with Crippen molar-refractivity contribution in [2.24, 2.45) is 17.8 Å². The summed E-state index contributed by atoms with van der Waals surface area (Å²) in [4.78, 5) is 25.3. The molecule has 1 heterocycles. The number of methoxy groups -OCH3 is 1. The average molecular weight is 479 g/mol. The van der Waals surface area contributed by atoms with Crippen molar-refractivity contribution < 1.29 is 19.4 Å². The van der Waals surface area contributed by atoms with E-state index in [2.05, 4.69) is 15.7 Å². The van der Waals surface area contributed by atoms with E-state index in [1.54, 1.807) is 17.1 Å². The lowest BCUT2D eigenvalue weighted by molar-refractivity contribution is -0.136. The van der Waals surface area contributed by atoms with Gasteiger partial charge < -0.3 is 20.5 Å². The largest absolute Gasteiger partial charge is 0.453 e. The van der Waals surface area contributed by atoms with Gasteiger partial charge in [0, 0.05) is 17.8 Å². The first-order chi connectivity index (χ1) is 16.7. The highest BCUT2D eigenvalue weighted by atomic mass is 16.5. The third-order valence-electron chi connectivity index (χ3n) is 7.87. The summed E-state index contributed by atoms with van der Waals surface area (Å²) >= 11 is 0. The molecule has 0 saturated heterocycles. The maximum Gasteiger partial charge on any atom is 0.407 e. The number of rotatable bonds is 6. The molecule has 0 aliphatic heterocycles. The van der Waals surface area contributed by atoms with Crippen LogP contribution >= 0.6 is 0 Å². The summed E-state index contributed by atoms with van der Waals surface area (Å²) in [6, 6.07) is 9.79. The highest BCUT2D eigenvalue weighted by Gasteiger charge is 2.55. The molecule has 8 heteroatoms. The van der Waals surface area contributed by atoms with E-state index in [1.807, 2.05) is 50.3 Å². The van der Waals surface area contributed by atoms with Crippen LogP contribution in [0.3, 0.4) is 0 Å². The zero-order valence-electron chi connectivity index (χ0n) is 20.5. The van der Waals surface area contributed by atoms with Crippen LogP contribution in [0.5, 0.6) is 0 Å². The van der Waals surface area contributed by atoms with Gasteiger partial charge in [-0.1, -0.05) is 30.3 Å². The fourth-order valence-corrected chi connectivity index (χ4v) is 6.58. The van der Waals surface area contributed by atoms with Crippen LogP contribution in [-0.4, -0.2) is 51.2 Å². The molecule has 2 amide bonds. The molecule has 8 nitrogen and oxygen atoms in total. The number of hydrogen-bond acceptors (Lipinski definition) is 5. The Labute approximate surface area is 205 Å². The van der Waals surface area contributed by atoms with Crippen LogP contribution in [0.1, 0.15) is 56.3 Å². The Kier molecular flexibility index (Phi) is 5.95. The first-order valence-corrected chi connectivity index (χ1v) is 12.4. The topological polar surface area (TPSA) is 105 Å². The summed E-state index contributed by atoms with van der Waals surface area (Å²) in [5.41, 5.74) is 0.852. The molecule has 4 bridgehead atoms. The van der Waals surface area contributed by atoms with Crippen molar-refractivity contribution in [3.63, 3.8) is 0 Å². The van der Waals surface area contributed by atoms with Crippen LogP contribution < -0.4 is 10.6 Å². The first kappa shape index (κ1) is 23.6. The van der Waals surface area contributed by atoms with Crippen molar-refractivity contribution >= 4 is 18.2 Å². The van der Waals surface area contributed by atoms with Crippen LogP contribution in [0.25, 0.3) is 17.5 Å². The van der Waals surface area contributed by atoms with Gasteiger partial charge in [-0.3, -0.25) is 4.79 Å². The summed E-state index contributed by atoms with van der Waals surface area (Å²) in [7, 11) is 1.32. The molecule has 4 saturated carbocycles. The number of carbonyl (C=O) groups is 2. The minimum Gasteiger partial charge on any atom is -0.453 e. The third-order valence-corrected chi connectivity index (χ3v) is 7.87. The first-order valence-electron chi connectivity index (χ1n) is 12.4. The molecule has 2 atom stereocenters. The monoisotopic (exact) mass is 478 g/mol. The Bertz CT molecular complexity index is 1120. The molecule has 4 fully saturated rings. The summed E-state index contributed by atoms with van der Waals surface area (Å²) in [5.74, 6) is 1.10. The molecular formula is C27H34N4O4. The highest BCUT2D eigenvalue weighted by Crippen LogP contribution is 2.55. The van der Waals surface area contributed by atoms with Crippen molar-refractivity contribution in [3.05, 3.63) is 48.2 Å². The standard InChI is InChI=1S/C27H34N4O4/c1-26(2,30-25(33)35-3)9-10-31-23(18-7-5-4-6-8-18)21(16-28-31)24(32)29-22-19-11-17-12-20(22)15-27(34,13-17)14-19/h4-10,16-17,19-20,22,34H,11-15H2,1-3H3,(H,29,32)(H,30,33)/b10-9+. The van der Waals surface area contributed by atoms with E-state index in [0.717, 1.165) is 37.7 Å². The van der Waals surface area contributed by atoms with Crippen molar-refractivity contribution in [2.45, 2.75) is 63.1 Å². The Morgan fingerprint density at radius 3 is 2.49 bits per heavy atom. The number of nitrogens with zero attached hydrogens (tertiary/aromatic N) is 2. The lowest BCUT2D eigenvalue weighted by atomic mass is 9.52. The van der Waals surface area contributed by atoms with E-state index in [-0.39, 0.29) is 11.9 Å². The SMILES string of the molecule is COC(=O)NC(C)(C)/C=C/n1ncc(C(=O)NC2C3CC4CC2CC(O)(C4)C3)c1-c1ccccc1. The van der Waals surface area contributed by atoms with Gasteiger partial charge in [-0.25, -0.2) is 9.48 Å². The number of aromatic nitrogens is 2. The molecule has 35 heavy (non-hydrogen) atoms. The number of benzene rings is 1. The van der Waals surface area contributed by atoms with Crippen molar-refractivity contribution in [2.75, 3.05) is 7.11 Å². The second-order valence-electron chi connectivity index (χ2n) is 11.1. The minimum absolute atomic E-state index is 0.0880. The fraction of sp³-hybridized carbons (Fsp3) is 0.519. The third kappa shape index (κ3) is 4.72. The number of amides is 2. The summed E-state index contributed by atoms with van der Waals surface area (Å²) < 4.78 is 6.38. The van der Waals surface area contributed by atoms with Gasteiger partial charge in [0.1, 0.15) is 0 Å². The van der Waals surface area contributed by atoms with Crippen LogP contribution in [0, 0.1) is 17.8 Å². The Balaban J connectivity index is 1.41. The van der Waals surface area contributed by atoms with E-state index in [1.165, 1.54) is 7.11 Å². The molecule has 4 aliphatic rings. The zero-order chi connectivity index (χ0) is 24.8. The van der Waals surface area contributed by atoms with Gasteiger partial charge in [-0.15, -0.1) is 0 Å². The normalized spacial score (nSPS) is 29.4. The summed E-state index contributed by atoms with van der Waals surface area (Å²) in [6.07, 6.45) is 9.28. The van der Waals surface area contributed by atoms with E-state index in [4.69, 9.17) is 4.74 Å². The minimum atomic E-state index is -0.684. The zero-order valence-corrected chi connectivity index (χ0v) is 20.5. The maximum absolute atomic E-state index is 13.6. The van der Waals surface area contributed by atoms with Gasteiger partial charge in [-0.05, 0) is 69.8 Å². The molecular weight excluding hydrogens is 444 g/mol. The predicted molar refractivity (Wildman–Crippen MR) is 132 cm³/mol. The Morgan fingerprint density at radius 1 is 1.17 bits per heavy atom. The molecule has 2 unspecified atom stereocenters. The summed E-state index contributed by atoms with van der Waals surface area (Å²) in [6.45, 7) is 3.69. The maximum atomic E-state index is 13.6. The van der Waals surface area contributed by atoms with Gasteiger partial charge in [0.2, 0.25) is 0 Å². The van der Waals surface area contributed by atoms with Crippen LogP contribution in [0.15, 0.2) is 42.6 Å². The quantitative estimate of drug-likeness (QED) is 0.585. The van der Waals surface area contributed by atoms with E-state index in [9.17, 15) is 14.7 Å². The molecule has 2 aromatic rings. The van der Waals surface area contributed by atoms with E-state index < -0.39 is 17.2 Å². The van der Waals surface area contributed by atoms with Gasteiger partial charge in [-0.2, -0.15) is 5.10 Å². The molecule has 6 rings (SSSR count). The second kappa shape index (κ2) is 8.82. The highest BCUT2D eigenvalue weighted by molar-refractivity contribution is 6.00. The number of carbonyl (C=O) groups excluding carboxylic acids is 2. The molecule has 1 aromatic heterocycles.